The van der Waals surface area contributed by atoms with Gasteiger partial charge in [-0.25, -0.2) is 9.59 Å². The molecule has 1 unspecified atom stereocenters. The quantitative estimate of drug-likeness (QED) is 0.505. The van der Waals surface area contributed by atoms with Crippen LogP contribution in [-0.4, -0.2) is 95.2 Å². The van der Waals surface area contributed by atoms with E-state index in [0.717, 1.165) is 25.7 Å². The van der Waals surface area contributed by atoms with Crippen LogP contribution < -0.4 is 0 Å². The van der Waals surface area contributed by atoms with Gasteiger partial charge in [-0.2, -0.15) is 26.3 Å². The monoisotopic (exact) mass is 557 g/mol. The zero-order valence-electron chi connectivity index (χ0n) is 21.0. The minimum absolute atomic E-state index is 0.531. The molecule has 0 bridgehead atoms. The second-order valence-corrected chi connectivity index (χ2v) is 9.96. The average Bonchev–Trinajstić information content (AvgIpc) is 3.59. The molecule has 3 fully saturated rings. The number of likely N-dealkylation sites (tertiary alicyclic amines) is 2. The van der Waals surface area contributed by atoms with Crippen LogP contribution in [0.5, 0.6) is 0 Å². The molecule has 0 radical (unpaired) electrons. The van der Waals surface area contributed by atoms with E-state index in [4.69, 9.17) is 24.5 Å². The minimum Gasteiger partial charge on any atom is -0.475 e. The molecule has 38 heavy (non-hydrogen) atoms. The molecule has 1 aromatic heterocycles. The van der Waals surface area contributed by atoms with E-state index < -0.39 is 24.3 Å². The Kier molecular flexibility index (Phi) is 11.3. The van der Waals surface area contributed by atoms with Crippen LogP contribution in [-0.2, 0) is 20.9 Å². The normalized spacial score (nSPS) is 21.7. The summed E-state index contributed by atoms with van der Waals surface area (Å²) >= 11 is 0. The Labute approximate surface area is 216 Å². The molecule has 3 aliphatic rings. The lowest BCUT2D eigenvalue weighted by Crippen LogP contribution is -2.41. The number of piperidine rings is 1. The van der Waals surface area contributed by atoms with Crippen molar-refractivity contribution >= 4 is 11.9 Å². The van der Waals surface area contributed by atoms with Crippen molar-refractivity contribution < 1.29 is 50.9 Å². The second-order valence-electron chi connectivity index (χ2n) is 9.96. The van der Waals surface area contributed by atoms with Crippen molar-refractivity contribution in [2.45, 2.75) is 57.0 Å². The first kappa shape index (κ1) is 31.8. The highest BCUT2D eigenvalue weighted by atomic mass is 19.4. The molecule has 216 valence electrons. The molecule has 2 saturated heterocycles. The van der Waals surface area contributed by atoms with Gasteiger partial charge in [0, 0.05) is 31.9 Å². The van der Waals surface area contributed by atoms with Crippen LogP contribution in [0.1, 0.15) is 37.8 Å². The summed E-state index contributed by atoms with van der Waals surface area (Å²) in [5.74, 6) is -4.64. The minimum atomic E-state index is -5.08. The van der Waals surface area contributed by atoms with Crippen molar-refractivity contribution in [2.75, 3.05) is 39.9 Å². The van der Waals surface area contributed by atoms with Crippen molar-refractivity contribution in [1.29, 1.82) is 0 Å². The average molecular weight is 558 g/mol. The number of carbonyl (C=O) groups is 2. The number of rotatable bonds is 6. The Morgan fingerprint density at radius 2 is 1.58 bits per heavy atom. The van der Waals surface area contributed by atoms with Crippen LogP contribution in [0.25, 0.3) is 0 Å². The Balaban J connectivity index is 0.000000301. The zero-order chi connectivity index (χ0) is 28.6. The second kappa shape index (κ2) is 13.6. The molecule has 1 atom stereocenters. The highest BCUT2D eigenvalue weighted by molar-refractivity contribution is 5.73. The standard InChI is InChI=1S/C20H31N3O.2C2HF3O2/c1-22-16-20(12-19(22)15-24-14-17-5-6-17)7-10-23(11-8-20)13-18-4-2-3-9-21-18;2*3-2(4,5)1(6)7/h2-4,9,17,19H,5-8,10-16H2,1H3;2*(H,6,7). The van der Waals surface area contributed by atoms with E-state index in [1.54, 1.807) is 0 Å². The van der Waals surface area contributed by atoms with E-state index in [2.05, 4.69) is 34.0 Å². The van der Waals surface area contributed by atoms with Gasteiger partial charge in [0.05, 0.1) is 12.3 Å². The van der Waals surface area contributed by atoms with Crippen LogP contribution >= 0.6 is 0 Å². The van der Waals surface area contributed by atoms with Crippen LogP contribution in [0.15, 0.2) is 24.4 Å². The van der Waals surface area contributed by atoms with E-state index >= 15 is 0 Å². The SMILES string of the molecule is CN1CC2(CCN(Cc3ccccn3)CC2)CC1COCC1CC1.O=C(O)C(F)(F)F.O=C(O)C(F)(F)F. The Hall–Kier alpha value is -2.45. The number of ether oxygens (including phenoxy) is 1. The third-order valence-electron chi connectivity index (χ3n) is 6.75. The molecule has 1 spiro atoms. The van der Waals surface area contributed by atoms with Gasteiger partial charge in [0.25, 0.3) is 0 Å². The van der Waals surface area contributed by atoms with Crippen LogP contribution in [0.3, 0.4) is 0 Å². The molecular formula is C24H33F6N3O5. The number of alkyl halides is 6. The predicted molar refractivity (Wildman–Crippen MR) is 123 cm³/mol. The third kappa shape index (κ3) is 11.1. The fraction of sp³-hybridized carbons (Fsp3) is 0.708. The predicted octanol–water partition coefficient (Wildman–Crippen LogP) is 4.06. The Morgan fingerprint density at radius 3 is 2.03 bits per heavy atom. The summed E-state index contributed by atoms with van der Waals surface area (Å²) in [5, 5.41) is 14.2. The molecule has 1 aromatic rings. The fourth-order valence-corrected chi connectivity index (χ4v) is 4.49. The Bertz CT molecular complexity index is 864. The highest BCUT2D eigenvalue weighted by Crippen LogP contribution is 2.43. The van der Waals surface area contributed by atoms with Crippen molar-refractivity contribution in [2.24, 2.45) is 11.3 Å². The van der Waals surface area contributed by atoms with Gasteiger partial charge in [-0.15, -0.1) is 0 Å². The number of likely N-dealkylation sites (N-methyl/N-ethyl adjacent to an activating group) is 1. The molecule has 0 aromatic carbocycles. The summed E-state index contributed by atoms with van der Waals surface area (Å²) < 4.78 is 69.5. The number of hydrogen-bond donors (Lipinski definition) is 2. The van der Waals surface area contributed by atoms with E-state index in [1.165, 1.54) is 57.4 Å². The van der Waals surface area contributed by atoms with Gasteiger partial charge in [-0.05, 0) is 75.7 Å². The maximum Gasteiger partial charge on any atom is 0.490 e. The third-order valence-corrected chi connectivity index (χ3v) is 6.75. The first-order valence-corrected chi connectivity index (χ1v) is 12.1. The fourth-order valence-electron chi connectivity index (χ4n) is 4.49. The van der Waals surface area contributed by atoms with Crippen molar-refractivity contribution in [3.05, 3.63) is 30.1 Å². The smallest absolute Gasteiger partial charge is 0.475 e. The summed E-state index contributed by atoms with van der Waals surface area (Å²) in [6.07, 6.45) is -1.52. The van der Waals surface area contributed by atoms with Crippen molar-refractivity contribution in [1.82, 2.24) is 14.8 Å². The lowest BCUT2D eigenvalue weighted by molar-refractivity contribution is -0.193. The number of pyridine rings is 1. The topological polar surface area (TPSA) is 103 Å². The number of nitrogens with zero attached hydrogens (tertiary/aromatic N) is 3. The van der Waals surface area contributed by atoms with Crippen molar-refractivity contribution in [3.8, 4) is 0 Å². The summed E-state index contributed by atoms with van der Waals surface area (Å²) in [6, 6.07) is 6.85. The lowest BCUT2D eigenvalue weighted by Gasteiger charge is -2.39. The zero-order valence-corrected chi connectivity index (χ0v) is 21.0. The summed E-state index contributed by atoms with van der Waals surface area (Å²) in [5.41, 5.74) is 1.73. The van der Waals surface area contributed by atoms with E-state index in [-0.39, 0.29) is 0 Å². The first-order chi connectivity index (χ1) is 17.6. The van der Waals surface area contributed by atoms with Gasteiger partial charge in [-0.3, -0.25) is 9.88 Å². The molecule has 1 aliphatic carbocycles. The van der Waals surface area contributed by atoms with Gasteiger partial charge in [-0.1, -0.05) is 6.07 Å². The van der Waals surface area contributed by atoms with Gasteiger partial charge < -0.3 is 19.8 Å². The molecule has 3 heterocycles. The van der Waals surface area contributed by atoms with Crippen molar-refractivity contribution in [3.63, 3.8) is 0 Å². The molecule has 0 amide bonds. The van der Waals surface area contributed by atoms with E-state index in [9.17, 15) is 26.3 Å². The summed E-state index contributed by atoms with van der Waals surface area (Å²) in [7, 11) is 2.29. The number of aliphatic carboxylic acids is 2. The molecule has 4 rings (SSSR count). The number of carboxylic acids is 2. The number of aromatic nitrogens is 1. The van der Waals surface area contributed by atoms with Gasteiger partial charge >= 0.3 is 24.3 Å². The molecule has 14 heteroatoms. The van der Waals surface area contributed by atoms with E-state index in [0.29, 0.717) is 11.5 Å². The first-order valence-electron chi connectivity index (χ1n) is 12.1. The largest absolute Gasteiger partial charge is 0.490 e. The van der Waals surface area contributed by atoms with Gasteiger partial charge in [0.1, 0.15) is 0 Å². The molecule has 2 N–H and O–H groups in total. The Morgan fingerprint density at radius 1 is 1.03 bits per heavy atom. The lowest BCUT2D eigenvalue weighted by atomic mass is 9.76. The summed E-state index contributed by atoms with van der Waals surface area (Å²) in [6.45, 7) is 6.60. The molecule has 8 nitrogen and oxygen atoms in total. The van der Waals surface area contributed by atoms with Gasteiger partial charge in [0.2, 0.25) is 0 Å². The molecule has 1 saturated carbocycles. The van der Waals surface area contributed by atoms with Crippen LogP contribution in [0.2, 0.25) is 0 Å². The number of hydrogen-bond acceptors (Lipinski definition) is 6. The maximum atomic E-state index is 10.6. The maximum absolute atomic E-state index is 10.6. The molecular weight excluding hydrogens is 524 g/mol. The van der Waals surface area contributed by atoms with Gasteiger partial charge in [0.15, 0.2) is 0 Å². The molecule has 2 aliphatic heterocycles. The highest BCUT2D eigenvalue weighted by Gasteiger charge is 2.44. The number of halogens is 6. The van der Waals surface area contributed by atoms with Crippen LogP contribution in [0.4, 0.5) is 26.3 Å². The van der Waals surface area contributed by atoms with E-state index in [1.807, 2.05) is 12.3 Å². The number of carboxylic acid groups (broad SMARTS) is 2. The van der Waals surface area contributed by atoms with Crippen LogP contribution in [0, 0.1) is 11.3 Å². The summed E-state index contributed by atoms with van der Waals surface area (Å²) in [4.78, 5) is 27.4.